The SMILES string of the molecule is CN(c1ccc(C(=O)Nc2ccc(F)c(F)c2)cn1)C1CCS(=O)(=O)C1. The third-order valence-electron chi connectivity index (χ3n) is 4.31. The zero-order valence-corrected chi connectivity index (χ0v) is 14.8. The van der Waals surface area contributed by atoms with E-state index in [0.29, 0.717) is 12.2 Å². The van der Waals surface area contributed by atoms with Gasteiger partial charge in [-0.2, -0.15) is 0 Å². The lowest BCUT2D eigenvalue weighted by atomic mass is 10.2. The van der Waals surface area contributed by atoms with E-state index in [9.17, 15) is 22.0 Å². The Morgan fingerprint density at radius 1 is 1.23 bits per heavy atom. The Balaban J connectivity index is 1.68. The zero-order chi connectivity index (χ0) is 18.9. The van der Waals surface area contributed by atoms with Crippen molar-refractivity contribution in [3.8, 4) is 0 Å². The maximum absolute atomic E-state index is 13.2. The number of halogens is 2. The van der Waals surface area contributed by atoms with Gasteiger partial charge in [-0.25, -0.2) is 22.2 Å². The number of sulfone groups is 1. The number of nitrogens with one attached hydrogen (secondary N) is 1. The summed E-state index contributed by atoms with van der Waals surface area (Å²) in [4.78, 5) is 18.2. The molecule has 138 valence electrons. The average molecular weight is 381 g/mol. The fraction of sp³-hybridized carbons (Fsp3) is 0.294. The molecular formula is C17H17F2N3O3S. The Kier molecular flexibility index (Phi) is 4.90. The van der Waals surface area contributed by atoms with Crippen molar-refractivity contribution in [1.82, 2.24) is 4.98 Å². The Bertz CT molecular complexity index is 933. The Hall–Kier alpha value is -2.55. The largest absolute Gasteiger partial charge is 0.356 e. The number of benzene rings is 1. The van der Waals surface area contributed by atoms with Crippen molar-refractivity contribution in [2.75, 3.05) is 28.8 Å². The number of amides is 1. The molecule has 2 aromatic rings. The molecular weight excluding hydrogens is 364 g/mol. The fourth-order valence-electron chi connectivity index (χ4n) is 2.77. The van der Waals surface area contributed by atoms with E-state index in [2.05, 4.69) is 10.3 Å². The van der Waals surface area contributed by atoms with Gasteiger partial charge in [0.05, 0.1) is 17.1 Å². The van der Waals surface area contributed by atoms with Crippen LogP contribution in [0.3, 0.4) is 0 Å². The van der Waals surface area contributed by atoms with E-state index in [0.717, 1.165) is 12.1 Å². The third kappa shape index (κ3) is 3.98. The van der Waals surface area contributed by atoms with Gasteiger partial charge >= 0.3 is 0 Å². The van der Waals surface area contributed by atoms with Crippen LogP contribution in [0.1, 0.15) is 16.8 Å². The number of carbonyl (C=O) groups excluding carboxylic acids is 1. The van der Waals surface area contributed by atoms with Gasteiger partial charge in [-0.3, -0.25) is 4.79 Å². The van der Waals surface area contributed by atoms with Crippen molar-refractivity contribution in [2.24, 2.45) is 0 Å². The summed E-state index contributed by atoms with van der Waals surface area (Å²) in [5.74, 6) is -1.76. The number of nitrogens with zero attached hydrogens (tertiary/aromatic N) is 2. The number of hydrogen-bond donors (Lipinski definition) is 1. The molecule has 0 aliphatic carbocycles. The maximum atomic E-state index is 13.2. The van der Waals surface area contributed by atoms with Crippen LogP contribution < -0.4 is 10.2 Å². The third-order valence-corrected chi connectivity index (χ3v) is 6.06. The van der Waals surface area contributed by atoms with Crippen molar-refractivity contribution in [3.05, 3.63) is 53.7 Å². The molecule has 0 saturated carbocycles. The molecule has 3 rings (SSSR count). The van der Waals surface area contributed by atoms with Crippen LogP contribution in [0.5, 0.6) is 0 Å². The van der Waals surface area contributed by atoms with E-state index in [1.807, 2.05) is 0 Å². The molecule has 1 amide bonds. The summed E-state index contributed by atoms with van der Waals surface area (Å²) in [5.41, 5.74) is 0.372. The van der Waals surface area contributed by atoms with Crippen LogP contribution in [-0.2, 0) is 9.84 Å². The molecule has 9 heteroatoms. The second-order valence-corrected chi connectivity index (χ2v) is 8.38. The molecule has 1 aliphatic heterocycles. The van der Waals surface area contributed by atoms with Gasteiger partial charge in [0.2, 0.25) is 0 Å². The molecule has 1 aromatic carbocycles. The summed E-state index contributed by atoms with van der Waals surface area (Å²) in [5, 5.41) is 2.46. The van der Waals surface area contributed by atoms with E-state index < -0.39 is 27.4 Å². The number of hydrogen-bond acceptors (Lipinski definition) is 5. The van der Waals surface area contributed by atoms with Crippen molar-refractivity contribution in [2.45, 2.75) is 12.5 Å². The molecule has 1 unspecified atom stereocenters. The quantitative estimate of drug-likeness (QED) is 0.879. The highest BCUT2D eigenvalue weighted by molar-refractivity contribution is 7.91. The van der Waals surface area contributed by atoms with E-state index in [-0.39, 0.29) is 28.8 Å². The summed E-state index contributed by atoms with van der Waals surface area (Å²) >= 11 is 0. The standard InChI is InChI=1S/C17H17F2N3O3S/c1-22(13-6-7-26(24,25)10-13)16-5-2-11(9-20-16)17(23)21-12-3-4-14(18)15(19)8-12/h2-5,8-9,13H,6-7,10H2,1H3,(H,21,23). The van der Waals surface area contributed by atoms with Gasteiger partial charge < -0.3 is 10.2 Å². The van der Waals surface area contributed by atoms with Crippen molar-refractivity contribution in [1.29, 1.82) is 0 Å². The summed E-state index contributed by atoms with van der Waals surface area (Å²) in [7, 11) is -1.24. The van der Waals surface area contributed by atoms with Crippen LogP contribution in [-0.4, -0.2) is 43.9 Å². The van der Waals surface area contributed by atoms with Crippen LogP contribution in [0.4, 0.5) is 20.3 Å². The molecule has 1 aromatic heterocycles. The lowest BCUT2D eigenvalue weighted by molar-refractivity contribution is 0.102. The average Bonchev–Trinajstić information content (AvgIpc) is 2.97. The summed E-state index contributed by atoms with van der Waals surface area (Å²) < 4.78 is 49.3. The normalized spacial score (nSPS) is 18.5. The number of pyridine rings is 1. The first kappa shape index (κ1) is 18.2. The minimum atomic E-state index is -3.00. The van der Waals surface area contributed by atoms with Crippen molar-refractivity contribution >= 4 is 27.2 Å². The zero-order valence-electron chi connectivity index (χ0n) is 13.9. The summed E-state index contributed by atoms with van der Waals surface area (Å²) in [6, 6.07) is 6.09. The Morgan fingerprint density at radius 3 is 2.58 bits per heavy atom. The van der Waals surface area contributed by atoms with E-state index >= 15 is 0 Å². The lowest BCUT2D eigenvalue weighted by Gasteiger charge is -2.24. The van der Waals surface area contributed by atoms with Gasteiger partial charge in [0.15, 0.2) is 21.5 Å². The number of anilines is 2. The molecule has 1 aliphatic rings. The molecule has 0 radical (unpaired) electrons. The van der Waals surface area contributed by atoms with Crippen molar-refractivity contribution in [3.63, 3.8) is 0 Å². The monoisotopic (exact) mass is 381 g/mol. The minimum Gasteiger partial charge on any atom is -0.356 e. The van der Waals surface area contributed by atoms with E-state index in [1.165, 1.54) is 18.3 Å². The molecule has 1 fully saturated rings. The second kappa shape index (κ2) is 6.99. The van der Waals surface area contributed by atoms with Gasteiger partial charge in [0.1, 0.15) is 5.82 Å². The van der Waals surface area contributed by atoms with Gasteiger partial charge in [0, 0.05) is 31.0 Å². The molecule has 0 bridgehead atoms. The Labute approximate surface area is 149 Å². The predicted octanol–water partition coefficient (Wildman–Crippen LogP) is 2.24. The van der Waals surface area contributed by atoms with E-state index in [4.69, 9.17) is 0 Å². The summed E-state index contributed by atoms with van der Waals surface area (Å²) in [6.45, 7) is 0. The minimum absolute atomic E-state index is 0.0869. The van der Waals surface area contributed by atoms with E-state index in [1.54, 1.807) is 18.0 Å². The highest BCUT2D eigenvalue weighted by Gasteiger charge is 2.31. The highest BCUT2D eigenvalue weighted by atomic mass is 32.2. The molecule has 0 spiro atoms. The first-order valence-electron chi connectivity index (χ1n) is 7.91. The number of rotatable bonds is 4. The van der Waals surface area contributed by atoms with Crippen LogP contribution in [0.2, 0.25) is 0 Å². The van der Waals surface area contributed by atoms with Gasteiger partial charge in [0.25, 0.3) is 5.91 Å². The lowest BCUT2D eigenvalue weighted by Crippen LogP contribution is -2.33. The van der Waals surface area contributed by atoms with Gasteiger partial charge in [-0.1, -0.05) is 0 Å². The van der Waals surface area contributed by atoms with Crippen LogP contribution in [0, 0.1) is 11.6 Å². The smallest absolute Gasteiger partial charge is 0.257 e. The number of carbonyl (C=O) groups is 1. The van der Waals surface area contributed by atoms with Crippen LogP contribution in [0.25, 0.3) is 0 Å². The first-order chi connectivity index (χ1) is 12.2. The highest BCUT2D eigenvalue weighted by Crippen LogP contribution is 2.22. The molecule has 2 heterocycles. The molecule has 6 nitrogen and oxygen atoms in total. The number of aromatic nitrogens is 1. The van der Waals surface area contributed by atoms with Crippen LogP contribution >= 0.6 is 0 Å². The predicted molar refractivity (Wildman–Crippen MR) is 94.0 cm³/mol. The topological polar surface area (TPSA) is 79.4 Å². The molecule has 1 saturated heterocycles. The van der Waals surface area contributed by atoms with Crippen LogP contribution in [0.15, 0.2) is 36.5 Å². The molecule has 26 heavy (non-hydrogen) atoms. The molecule has 1 atom stereocenters. The maximum Gasteiger partial charge on any atom is 0.257 e. The first-order valence-corrected chi connectivity index (χ1v) is 9.73. The van der Waals surface area contributed by atoms with Crippen molar-refractivity contribution < 1.29 is 22.0 Å². The summed E-state index contributed by atoms with van der Waals surface area (Å²) in [6.07, 6.45) is 1.89. The van der Waals surface area contributed by atoms with Gasteiger partial charge in [-0.05, 0) is 30.7 Å². The fourth-order valence-corrected chi connectivity index (χ4v) is 4.55. The second-order valence-electron chi connectivity index (χ2n) is 6.16. The molecule has 1 N–H and O–H groups in total. The Morgan fingerprint density at radius 2 is 2.00 bits per heavy atom. The van der Waals surface area contributed by atoms with Gasteiger partial charge in [-0.15, -0.1) is 0 Å².